The lowest BCUT2D eigenvalue weighted by Gasteiger charge is -2.18. The lowest BCUT2D eigenvalue weighted by molar-refractivity contribution is 0.0555. The molecule has 0 radical (unpaired) electrons. The van der Waals surface area contributed by atoms with Crippen molar-refractivity contribution in [1.82, 2.24) is 39.7 Å². The molecule has 190 valence electrons. The number of nitrogens with zero attached hydrogens (tertiary/aromatic N) is 6. The van der Waals surface area contributed by atoms with Crippen LogP contribution in [0.4, 0.5) is 21.0 Å². The lowest BCUT2D eigenvalue weighted by atomic mass is 10.0. The minimum absolute atomic E-state index is 0.0735. The Hall–Kier alpha value is -3.96. The second kappa shape index (κ2) is 9.25. The summed E-state index contributed by atoms with van der Waals surface area (Å²) in [5.41, 5.74) is 5.09. The molecule has 1 amide bonds. The third-order valence-corrected chi connectivity index (χ3v) is 6.64. The number of nitrogens with one attached hydrogen (secondary N) is 3. The Labute approximate surface area is 207 Å². The van der Waals surface area contributed by atoms with Crippen LogP contribution in [0.25, 0.3) is 16.8 Å². The molecule has 36 heavy (non-hydrogen) atoms. The van der Waals surface area contributed by atoms with Crippen LogP contribution < -0.4 is 10.6 Å². The van der Waals surface area contributed by atoms with E-state index in [0.29, 0.717) is 30.3 Å². The Morgan fingerprint density at radius 3 is 2.83 bits per heavy atom. The van der Waals surface area contributed by atoms with Crippen molar-refractivity contribution in [3.8, 4) is 11.1 Å². The molecular formula is C24H30FN9O2. The number of aromatic nitrogens is 7. The quantitative estimate of drug-likeness (QED) is 0.370. The number of alkyl halides is 1. The molecule has 0 saturated heterocycles. The zero-order chi connectivity index (χ0) is 25.6. The molecule has 11 nitrogen and oxygen atoms in total. The van der Waals surface area contributed by atoms with Crippen LogP contribution >= 0.6 is 0 Å². The van der Waals surface area contributed by atoms with Gasteiger partial charge in [0.1, 0.15) is 17.9 Å². The van der Waals surface area contributed by atoms with Crippen LogP contribution in [-0.4, -0.2) is 58.8 Å². The number of halogens is 1. The van der Waals surface area contributed by atoms with E-state index in [1.807, 2.05) is 56.2 Å². The highest BCUT2D eigenvalue weighted by Gasteiger charge is 2.41. The van der Waals surface area contributed by atoms with Gasteiger partial charge in [-0.1, -0.05) is 0 Å². The number of carbonyl (C=O) groups is 1. The van der Waals surface area contributed by atoms with Gasteiger partial charge in [-0.2, -0.15) is 10.2 Å². The molecular weight excluding hydrogens is 465 g/mol. The Morgan fingerprint density at radius 1 is 1.31 bits per heavy atom. The molecule has 1 saturated carbocycles. The third-order valence-electron chi connectivity index (χ3n) is 6.64. The fourth-order valence-electron chi connectivity index (χ4n) is 4.72. The number of fused-ring (bicyclic) bond motifs is 1. The molecule has 0 spiro atoms. The Balaban J connectivity index is 1.35. The molecule has 12 heteroatoms. The summed E-state index contributed by atoms with van der Waals surface area (Å²) < 4.78 is 24.1. The van der Waals surface area contributed by atoms with E-state index in [-0.39, 0.29) is 6.04 Å². The van der Waals surface area contributed by atoms with E-state index in [0.717, 1.165) is 28.2 Å². The first-order chi connectivity index (χ1) is 17.2. The van der Waals surface area contributed by atoms with E-state index < -0.39 is 24.3 Å². The van der Waals surface area contributed by atoms with E-state index in [1.165, 1.54) is 0 Å². The number of aryl methyl sites for hydroxylation is 2. The van der Waals surface area contributed by atoms with Crippen LogP contribution in [0.5, 0.6) is 0 Å². The van der Waals surface area contributed by atoms with Gasteiger partial charge in [0.15, 0.2) is 5.82 Å². The molecule has 1 aliphatic rings. The number of H-pyrrole nitrogens is 1. The summed E-state index contributed by atoms with van der Waals surface area (Å²) in [5, 5.41) is 17.5. The van der Waals surface area contributed by atoms with Gasteiger partial charge in [-0.05, 0) is 40.5 Å². The number of hydrogen-bond donors (Lipinski definition) is 3. The highest BCUT2D eigenvalue weighted by molar-refractivity contribution is 5.82. The molecule has 1 fully saturated rings. The van der Waals surface area contributed by atoms with Gasteiger partial charge >= 0.3 is 6.09 Å². The summed E-state index contributed by atoms with van der Waals surface area (Å²) in [5.74, 6) is 0.605. The fourth-order valence-corrected chi connectivity index (χ4v) is 4.72. The first-order valence-electron chi connectivity index (χ1n) is 12.0. The number of ether oxygens (including phenoxy) is 1. The number of imidazole rings is 1. The van der Waals surface area contributed by atoms with Crippen molar-refractivity contribution in [3.05, 3.63) is 41.7 Å². The van der Waals surface area contributed by atoms with Crippen molar-refractivity contribution in [2.75, 3.05) is 5.32 Å². The maximum absolute atomic E-state index is 15.1. The smallest absolute Gasteiger partial charge is 0.407 e. The molecule has 3 atom stereocenters. The van der Waals surface area contributed by atoms with Gasteiger partial charge in [0, 0.05) is 60.0 Å². The molecule has 4 aromatic rings. The number of alkyl carbamates (subject to hydrolysis) is 1. The molecule has 0 aliphatic heterocycles. The first-order valence-corrected chi connectivity index (χ1v) is 12.0. The van der Waals surface area contributed by atoms with E-state index in [4.69, 9.17) is 9.72 Å². The number of hydrogen-bond acceptors (Lipinski definition) is 7. The molecule has 3 N–H and O–H groups in total. The van der Waals surface area contributed by atoms with E-state index in [2.05, 4.69) is 30.9 Å². The summed E-state index contributed by atoms with van der Waals surface area (Å²) in [7, 11) is 1.90. The van der Waals surface area contributed by atoms with Gasteiger partial charge in [0.25, 0.3) is 0 Å². The van der Waals surface area contributed by atoms with Crippen molar-refractivity contribution in [2.45, 2.75) is 64.8 Å². The zero-order valence-corrected chi connectivity index (χ0v) is 20.9. The van der Waals surface area contributed by atoms with Crippen LogP contribution in [0.1, 0.15) is 49.7 Å². The summed E-state index contributed by atoms with van der Waals surface area (Å²) >= 11 is 0. The summed E-state index contributed by atoms with van der Waals surface area (Å²) in [4.78, 5) is 21.2. The van der Waals surface area contributed by atoms with Crippen molar-refractivity contribution < 1.29 is 13.9 Å². The first kappa shape index (κ1) is 23.8. The van der Waals surface area contributed by atoms with E-state index >= 15 is 4.39 Å². The Kier molecular flexibility index (Phi) is 6.10. The molecule has 0 bridgehead atoms. The lowest BCUT2D eigenvalue weighted by Crippen LogP contribution is -2.36. The average molecular weight is 496 g/mol. The van der Waals surface area contributed by atoms with Gasteiger partial charge in [-0.3, -0.25) is 14.2 Å². The van der Waals surface area contributed by atoms with Gasteiger partial charge in [0.2, 0.25) is 5.95 Å². The van der Waals surface area contributed by atoms with Crippen LogP contribution in [0.2, 0.25) is 0 Å². The van der Waals surface area contributed by atoms with Crippen molar-refractivity contribution in [3.63, 3.8) is 0 Å². The topological polar surface area (TPSA) is 127 Å². The second-order valence-electron chi connectivity index (χ2n) is 9.49. The number of amides is 1. The van der Waals surface area contributed by atoms with Gasteiger partial charge in [-0.15, -0.1) is 0 Å². The fraction of sp³-hybridized carbons (Fsp3) is 0.458. The van der Waals surface area contributed by atoms with Crippen molar-refractivity contribution in [2.24, 2.45) is 7.05 Å². The third kappa shape index (κ3) is 4.27. The Bertz CT molecular complexity index is 1410. The Morgan fingerprint density at radius 2 is 2.11 bits per heavy atom. The second-order valence-corrected chi connectivity index (χ2v) is 9.49. The van der Waals surface area contributed by atoms with Crippen molar-refractivity contribution in [1.29, 1.82) is 0 Å². The standard InChI is InChI=1S/C24H30FN9O2/c1-12(2)28-24(35)36-18-7-6-15(21(18)25)17-10-19(32-31-17)30-23-29-13(3)20(22-26-8-9-34(22)23)16-11-27-33(5)14(16)4/h8-12,15,18,21H,6-7H2,1-5H3,(H,28,35)(H2,29,30,31,32)/t15-,18-,21+/m1/s1. The van der Waals surface area contributed by atoms with E-state index in [9.17, 15) is 4.79 Å². The van der Waals surface area contributed by atoms with Gasteiger partial charge < -0.3 is 15.4 Å². The summed E-state index contributed by atoms with van der Waals surface area (Å²) in [6, 6.07) is 1.70. The minimum Gasteiger partial charge on any atom is -0.443 e. The zero-order valence-electron chi connectivity index (χ0n) is 20.9. The maximum Gasteiger partial charge on any atom is 0.407 e. The van der Waals surface area contributed by atoms with Crippen LogP contribution in [0, 0.1) is 13.8 Å². The predicted octanol–water partition coefficient (Wildman–Crippen LogP) is 3.93. The molecule has 0 unspecified atom stereocenters. The molecule has 1 aliphatic carbocycles. The highest BCUT2D eigenvalue weighted by atomic mass is 19.1. The van der Waals surface area contributed by atoms with Crippen LogP contribution in [-0.2, 0) is 11.8 Å². The number of carbonyl (C=O) groups excluding carboxylic acids is 1. The number of rotatable bonds is 6. The minimum atomic E-state index is -1.32. The molecule has 4 heterocycles. The van der Waals surface area contributed by atoms with Crippen molar-refractivity contribution >= 4 is 23.5 Å². The van der Waals surface area contributed by atoms with Crippen LogP contribution in [0.15, 0.2) is 24.7 Å². The van der Waals surface area contributed by atoms with Gasteiger partial charge in [-0.25, -0.2) is 19.2 Å². The maximum atomic E-state index is 15.1. The SMILES string of the molecule is Cc1nc(Nc2cc([C@H]3CC[C@@H](OC(=O)NC(C)C)[C@H]3F)[nH]n2)n2ccnc2c1-c1cnn(C)c1C. The largest absolute Gasteiger partial charge is 0.443 e. The number of anilines is 2. The molecule has 4 aromatic heterocycles. The van der Waals surface area contributed by atoms with E-state index in [1.54, 1.807) is 12.3 Å². The highest BCUT2D eigenvalue weighted by Crippen LogP contribution is 2.39. The monoisotopic (exact) mass is 495 g/mol. The average Bonchev–Trinajstić information content (AvgIpc) is 3.60. The normalized spacial score (nSPS) is 19.8. The predicted molar refractivity (Wildman–Crippen MR) is 132 cm³/mol. The molecule has 5 rings (SSSR count). The summed E-state index contributed by atoms with van der Waals surface area (Å²) in [6.45, 7) is 7.59. The summed E-state index contributed by atoms with van der Waals surface area (Å²) in [6.07, 6.45) is 3.65. The molecule has 0 aromatic carbocycles. The van der Waals surface area contributed by atoms with Crippen LogP contribution in [0.3, 0.4) is 0 Å². The number of aromatic amines is 1. The van der Waals surface area contributed by atoms with Gasteiger partial charge in [0.05, 0.1) is 11.9 Å².